The van der Waals surface area contributed by atoms with Crippen molar-refractivity contribution >= 4 is 17.0 Å². The van der Waals surface area contributed by atoms with E-state index in [2.05, 4.69) is 44.5 Å². The zero-order valence-electron chi connectivity index (χ0n) is 21.1. The quantitative estimate of drug-likeness (QED) is 0.571. The molecule has 180 valence electrons. The SMILES string of the molecule is CCOC(=O)c1nc2ccccc2n([C@H]2C[C@H]3CCC[C@@H](C2)N3C(C)(C)CC(C)(C)C)c1=O. The van der Waals surface area contributed by atoms with E-state index in [1.165, 1.54) is 6.42 Å². The molecule has 0 radical (unpaired) electrons. The minimum atomic E-state index is -0.633. The van der Waals surface area contributed by atoms with Crippen molar-refractivity contribution in [3.63, 3.8) is 0 Å². The van der Waals surface area contributed by atoms with Gasteiger partial charge in [0.15, 0.2) is 0 Å². The van der Waals surface area contributed by atoms with Crippen LogP contribution < -0.4 is 5.56 Å². The number of fused-ring (bicyclic) bond motifs is 3. The molecule has 2 bridgehead atoms. The second-order valence-corrected chi connectivity index (χ2v) is 11.7. The summed E-state index contributed by atoms with van der Waals surface area (Å²) in [7, 11) is 0. The summed E-state index contributed by atoms with van der Waals surface area (Å²) in [6.07, 6.45) is 6.51. The van der Waals surface area contributed by atoms with Gasteiger partial charge in [-0.25, -0.2) is 9.78 Å². The fourth-order valence-electron chi connectivity index (χ4n) is 6.79. The number of nitrogens with zero attached hydrogens (tertiary/aromatic N) is 3. The first kappa shape index (κ1) is 23.9. The number of benzene rings is 1. The molecule has 6 heteroatoms. The van der Waals surface area contributed by atoms with E-state index in [1.54, 1.807) is 6.92 Å². The Morgan fingerprint density at radius 1 is 1.06 bits per heavy atom. The third kappa shape index (κ3) is 4.72. The molecule has 2 saturated heterocycles. The third-order valence-electron chi connectivity index (χ3n) is 7.24. The molecule has 0 amide bonds. The minimum Gasteiger partial charge on any atom is -0.461 e. The van der Waals surface area contributed by atoms with Crippen molar-refractivity contribution < 1.29 is 9.53 Å². The van der Waals surface area contributed by atoms with Crippen LogP contribution in [0.15, 0.2) is 29.1 Å². The number of carbonyl (C=O) groups excluding carboxylic acids is 1. The molecule has 1 aromatic carbocycles. The molecule has 0 saturated carbocycles. The number of esters is 1. The molecule has 33 heavy (non-hydrogen) atoms. The first-order valence-corrected chi connectivity index (χ1v) is 12.5. The van der Waals surface area contributed by atoms with Crippen LogP contribution in [0, 0.1) is 5.41 Å². The first-order chi connectivity index (χ1) is 15.5. The highest BCUT2D eigenvalue weighted by molar-refractivity contribution is 5.89. The number of ether oxygens (including phenoxy) is 1. The lowest BCUT2D eigenvalue weighted by Crippen LogP contribution is -2.61. The Balaban J connectivity index is 1.75. The van der Waals surface area contributed by atoms with Crippen LogP contribution in [0.1, 0.15) is 96.6 Å². The standard InChI is InChI=1S/C27H39N3O3/c1-7-33-25(32)23-24(31)29(22-14-9-8-13-21(22)28-23)20-15-18-11-10-12-19(16-20)30(18)27(5,6)17-26(2,3)4/h8-9,13-14,18-20H,7,10-12,15-17H2,1-6H3/t18-,19+,20+. The molecule has 3 heterocycles. The maximum Gasteiger partial charge on any atom is 0.362 e. The molecule has 3 atom stereocenters. The number of aromatic nitrogens is 2. The number of para-hydroxylation sites is 2. The van der Waals surface area contributed by atoms with Crippen LogP contribution in [0.3, 0.4) is 0 Å². The summed E-state index contributed by atoms with van der Waals surface area (Å²) in [4.78, 5) is 33.3. The summed E-state index contributed by atoms with van der Waals surface area (Å²) in [5.41, 5.74) is 1.40. The fourth-order valence-corrected chi connectivity index (χ4v) is 6.79. The van der Waals surface area contributed by atoms with Gasteiger partial charge in [0.25, 0.3) is 5.56 Å². The molecular formula is C27H39N3O3. The Bertz CT molecular complexity index is 1070. The lowest BCUT2D eigenvalue weighted by Gasteiger charge is -2.57. The Morgan fingerprint density at radius 3 is 2.30 bits per heavy atom. The summed E-state index contributed by atoms with van der Waals surface area (Å²) in [5, 5.41) is 0. The largest absolute Gasteiger partial charge is 0.461 e. The lowest BCUT2D eigenvalue weighted by molar-refractivity contribution is -0.0670. The van der Waals surface area contributed by atoms with Gasteiger partial charge in [0.05, 0.1) is 17.6 Å². The normalized spacial score (nSPS) is 24.1. The lowest BCUT2D eigenvalue weighted by atomic mass is 9.74. The number of piperidine rings is 2. The van der Waals surface area contributed by atoms with Gasteiger partial charge < -0.3 is 9.30 Å². The van der Waals surface area contributed by atoms with Crippen LogP contribution in [0.2, 0.25) is 0 Å². The molecule has 1 aromatic heterocycles. The van der Waals surface area contributed by atoms with Crippen LogP contribution in [-0.4, -0.2) is 44.6 Å². The van der Waals surface area contributed by atoms with Crippen molar-refractivity contribution in [3.05, 3.63) is 40.3 Å². The number of hydrogen-bond acceptors (Lipinski definition) is 5. The number of rotatable bonds is 5. The predicted octanol–water partition coefficient (Wildman–Crippen LogP) is 5.35. The van der Waals surface area contributed by atoms with E-state index in [9.17, 15) is 9.59 Å². The maximum absolute atomic E-state index is 13.6. The second-order valence-electron chi connectivity index (χ2n) is 11.7. The second kappa shape index (κ2) is 8.86. The molecular weight excluding hydrogens is 414 g/mol. The average molecular weight is 454 g/mol. The van der Waals surface area contributed by atoms with E-state index in [4.69, 9.17) is 4.74 Å². The van der Waals surface area contributed by atoms with Crippen LogP contribution in [0.5, 0.6) is 0 Å². The van der Waals surface area contributed by atoms with E-state index in [0.29, 0.717) is 17.6 Å². The van der Waals surface area contributed by atoms with Gasteiger partial charge in [0.2, 0.25) is 5.69 Å². The molecule has 0 aliphatic carbocycles. The Morgan fingerprint density at radius 2 is 1.70 bits per heavy atom. The molecule has 0 N–H and O–H groups in total. The van der Waals surface area contributed by atoms with Crippen molar-refractivity contribution in [2.75, 3.05) is 6.61 Å². The van der Waals surface area contributed by atoms with Gasteiger partial charge in [0, 0.05) is 23.7 Å². The molecule has 0 spiro atoms. The van der Waals surface area contributed by atoms with Gasteiger partial charge in [-0.2, -0.15) is 0 Å². The van der Waals surface area contributed by atoms with Crippen molar-refractivity contribution in [2.45, 2.75) is 104 Å². The van der Waals surface area contributed by atoms with Crippen LogP contribution >= 0.6 is 0 Å². The third-order valence-corrected chi connectivity index (χ3v) is 7.24. The van der Waals surface area contributed by atoms with Gasteiger partial charge in [0.1, 0.15) is 0 Å². The van der Waals surface area contributed by atoms with Crippen molar-refractivity contribution in [2.24, 2.45) is 5.41 Å². The first-order valence-electron chi connectivity index (χ1n) is 12.5. The van der Waals surface area contributed by atoms with Crippen LogP contribution in [0.25, 0.3) is 11.0 Å². The van der Waals surface area contributed by atoms with E-state index in [1.807, 2.05) is 28.8 Å². The molecule has 6 nitrogen and oxygen atoms in total. The van der Waals surface area contributed by atoms with Crippen LogP contribution in [0.4, 0.5) is 0 Å². The minimum absolute atomic E-state index is 0.0514. The number of carbonyl (C=O) groups is 1. The summed E-state index contributed by atoms with van der Waals surface area (Å²) >= 11 is 0. The summed E-state index contributed by atoms with van der Waals surface area (Å²) in [6, 6.07) is 8.57. The molecule has 4 rings (SSSR count). The highest BCUT2D eigenvalue weighted by atomic mass is 16.5. The van der Waals surface area contributed by atoms with Crippen LogP contribution in [-0.2, 0) is 4.74 Å². The molecule has 2 aliphatic rings. The zero-order chi connectivity index (χ0) is 24.0. The van der Waals surface area contributed by atoms with Gasteiger partial charge in [-0.3, -0.25) is 9.69 Å². The van der Waals surface area contributed by atoms with E-state index in [-0.39, 0.29) is 34.9 Å². The smallest absolute Gasteiger partial charge is 0.362 e. The van der Waals surface area contributed by atoms with Gasteiger partial charge in [-0.15, -0.1) is 0 Å². The molecule has 2 fully saturated rings. The topological polar surface area (TPSA) is 64.4 Å². The molecule has 2 aliphatic heterocycles. The Labute approximate surface area is 197 Å². The highest BCUT2D eigenvalue weighted by Crippen LogP contribution is 2.45. The van der Waals surface area contributed by atoms with Gasteiger partial charge in [-0.1, -0.05) is 39.3 Å². The molecule has 0 unspecified atom stereocenters. The van der Waals surface area contributed by atoms with Crippen molar-refractivity contribution in [1.29, 1.82) is 0 Å². The van der Waals surface area contributed by atoms with Crippen molar-refractivity contribution in [3.8, 4) is 0 Å². The monoisotopic (exact) mass is 453 g/mol. The Hall–Kier alpha value is -2.21. The predicted molar refractivity (Wildman–Crippen MR) is 132 cm³/mol. The van der Waals surface area contributed by atoms with Gasteiger partial charge >= 0.3 is 5.97 Å². The fraction of sp³-hybridized carbons (Fsp3) is 0.667. The Kier molecular flexibility index (Phi) is 6.43. The highest BCUT2D eigenvalue weighted by Gasteiger charge is 2.46. The van der Waals surface area contributed by atoms with E-state index >= 15 is 0 Å². The van der Waals surface area contributed by atoms with E-state index < -0.39 is 5.97 Å². The number of hydrogen-bond donors (Lipinski definition) is 0. The summed E-state index contributed by atoms with van der Waals surface area (Å²) in [5.74, 6) is -0.633. The summed E-state index contributed by atoms with van der Waals surface area (Å²) < 4.78 is 7.01. The average Bonchev–Trinajstić information content (AvgIpc) is 2.70. The van der Waals surface area contributed by atoms with Crippen molar-refractivity contribution in [1.82, 2.24) is 14.5 Å². The zero-order valence-corrected chi connectivity index (χ0v) is 21.1. The van der Waals surface area contributed by atoms with Gasteiger partial charge in [-0.05, 0) is 70.4 Å². The molecule has 2 aromatic rings. The maximum atomic E-state index is 13.6. The summed E-state index contributed by atoms with van der Waals surface area (Å²) in [6.45, 7) is 13.7. The van der Waals surface area contributed by atoms with E-state index in [0.717, 1.165) is 37.6 Å².